The average Bonchev–Trinajstić information content (AvgIpc) is 3.05. The van der Waals surface area contributed by atoms with Crippen molar-refractivity contribution < 1.29 is 14.7 Å². The van der Waals surface area contributed by atoms with Crippen LogP contribution in [-0.2, 0) is 9.59 Å². The van der Waals surface area contributed by atoms with Gasteiger partial charge in [0.15, 0.2) is 5.78 Å². The lowest BCUT2D eigenvalue weighted by atomic mass is 9.85. The van der Waals surface area contributed by atoms with Gasteiger partial charge in [-0.15, -0.1) is 0 Å². The molecule has 1 N–H and O–H groups in total. The molecule has 2 rings (SSSR count). The smallest absolute Gasteiger partial charge is 0.163 e. The van der Waals surface area contributed by atoms with Crippen LogP contribution in [0.1, 0.15) is 81.4 Å². The van der Waals surface area contributed by atoms with Crippen LogP contribution in [0.4, 0.5) is 0 Å². The van der Waals surface area contributed by atoms with Crippen molar-refractivity contribution in [3.63, 3.8) is 0 Å². The van der Waals surface area contributed by atoms with E-state index in [4.69, 9.17) is 0 Å². The molecule has 1 aliphatic rings. The molecule has 0 fully saturated rings. The summed E-state index contributed by atoms with van der Waals surface area (Å²) in [7, 11) is 0. The Kier molecular flexibility index (Phi) is 9.20. The molecule has 3 atom stereocenters. The molecule has 0 amide bonds. The van der Waals surface area contributed by atoms with Gasteiger partial charge >= 0.3 is 0 Å². The molecule has 1 aromatic rings. The first kappa shape index (κ1) is 21.3. The second-order valence-electron chi connectivity index (χ2n) is 7.39. The van der Waals surface area contributed by atoms with E-state index in [-0.39, 0.29) is 17.6 Å². The average molecular weight is 369 g/mol. The zero-order valence-electron chi connectivity index (χ0n) is 16.3. The van der Waals surface area contributed by atoms with Gasteiger partial charge in [-0.1, -0.05) is 68.7 Å². The Labute approximate surface area is 163 Å². The third kappa shape index (κ3) is 6.59. The maximum Gasteiger partial charge on any atom is 0.163 e. The summed E-state index contributed by atoms with van der Waals surface area (Å²) in [5, 5.41) is 10.3. The molecule has 146 valence electrons. The largest absolute Gasteiger partial charge is 0.388 e. The van der Waals surface area contributed by atoms with Gasteiger partial charge in [0.05, 0.1) is 12.0 Å². The minimum atomic E-state index is -0.423. The number of benzene rings is 1. The van der Waals surface area contributed by atoms with Gasteiger partial charge in [-0.25, -0.2) is 0 Å². The van der Waals surface area contributed by atoms with Crippen molar-refractivity contribution in [1.29, 1.82) is 0 Å². The minimum Gasteiger partial charge on any atom is -0.388 e. The third-order valence-corrected chi connectivity index (χ3v) is 5.27. The number of aliphatic hydroxyl groups is 1. The molecule has 3 unspecified atom stereocenters. The van der Waals surface area contributed by atoms with Crippen molar-refractivity contribution in [2.24, 2.45) is 5.92 Å². The number of carbonyl (C=O) groups is 2. The molecule has 0 saturated heterocycles. The minimum absolute atomic E-state index is 0.129. The van der Waals surface area contributed by atoms with E-state index in [9.17, 15) is 14.7 Å². The van der Waals surface area contributed by atoms with E-state index in [1.807, 2.05) is 30.3 Å². The monoisotopic (exact) mass is 368 g/mol. The summed E-state index contributed by atoms with van der Waals surface area (Å²) in [5.74, 6) is 0.210. The second-order valence-corrected chi connectivity index (χ2v) is 7.39. The van der Waals surface area contributed by atoms with Gasteiger partial charge in [0.25, 0.3) is 0 Å². The molecule has 3 nitrogen and oxygen atoms in total. The molecule has 27 heavy (non-hydrogen) atoms. The molecule has 0 aromatic heterocycles. The van der Waals surface area contributed by atoms with E-state index in [2.05, 4.69) is 19.1 Å². The molecule has 0 heterocycles. The summed E-state index contributed by atoms with van der Waals surface area (Å²) in [5.41, 5.74) is 1.95. The Hall–Kier alpha value is -2.00. The van der Waals surface area contributed by atoms with E-state index in [1.165, 1.54) is 0 Å². The molecule has 0 saturated carbocycles. The summed E-state index contributed by atoms with van der Waals surface area (Å²) in [6.07, 6.45) is 15.8. The number of allylic oxidation sites excluding steroid dienone is 4. The fourth-order valence-electron chi connectivity index (χ4n) is 3.64. The highest BCUT2D eigenvalue weighted by Crippen LogP contribution is 2.35. The first-order valence-corrected chi connectivity index (χ1v) is 10.3. The van der Waals surface area contributed by atoms with Crippen LogP contribution in [0.3, 0.4) is 0 Å². The topological polar surface area (TPSA) is 54.4 Å². The Balaban J connectivity index is 1.94. The first-order valence-electron chi connectivity index (χ1n) is 10.3. The van der Waals surface area contributed by atoms with Crippen LogP contribution in [0.5, 0.6) is 0 Å². The quantitative estimate of drug-likeness (QED) is 0.303. The summed E-state index contributed by atoms with van der Waals surface area (Å²) < 4.78 is 0. The third-order valence-electron chi connectivity index (χ3n) is 5.27. The summed E-state index contributed by atoms with van der Waals surface area (Å²) in [6, 6.07) is 7.91. The molecular formula is C24H32O3. The van der Waals surface area contributed by atoms with E-state index in [0.29, 0.717) is 6.42 Å². The van der Waals surface area contributed by atoms with Gasteiger partial charge in [0.2, 0.25) is 0 Å². The predicted molar refractivity (Wildman–Crippen MR) is 110 cm³/mol. The Morgan fingerprint density at radius 1 is 1.07 bits per heavy atom. The second kappa shape index (κ2) is 11.7. The molecule has 0 aliphatic heterocycles. The lowest BCUT2D eigenvalue weighted by Crippen LogP contribution is -2.13. The molecule has 0 radical (unpaired) electrons. The number of unbranched alkanes of at least 4 members (excludes halogenated alkanes) is 4. The maximum absolute atomic E-state index is 12.4. The van der Waals surface area contributed by atoms with Crippen LogP contribution in [0, 0.1) is 5.92 Å². The molecule has 0 bridgehead atoms. The first-order chi connectivity index (χ1) is 13.2. The number of rotatable bonds is 12. The van der Waals surface area contributed by atoms with Gasteiger partial charge in [-0.2, -0.15) is 0 Å². The van der Waals surface area contributed by atoms with Crippen molar-refractivity contribution in [3.05, 3.63) is 59.7 Å². The Bertz CT molecular complexity index is 642. The van der Waals surface area contributed by atoms with E-state index >= 15 is 0 Å². The number of aldehydes is 1. The summed E-state index contributed by atoms with van der Waals surface area (Å²) in [4.78, 5) is 22.7. The SMILES string of the molecule is CCCCCC(O)c1ccc(C2C(=O)C=CC2C/C=C\CCCC=O)cc1. The van der Waals surface area contributed by atoms with Crippen molar-refractivity contribution in [2.45, 2.75) is 70.3 Å². The lowest BCUT2D eigenvalue weighted by molar-refractivity contribution is -0.116. The Morgan fingerprint density at radius 3 is 2.56 bits per heavy atom. The van der Waals surface area contributed by atoms with Crippen molar-refractivity contribution in [3.8, 4) is 0 Å². The molecular weight excluding hydrogens is 336 g/mol. The highest BCUT2D eigenvalue weighted by Gasteiger charge is 2.30. The van der Waals surface area contributed by atoms with Crippen LogP contribution in [0.15, 0.2) is 48.6 Å². The van der Waals surface area contributed by atoms with Gasteiger partial charge in [-0.3, -0.25) is 4.79 Å². The fraction of sp³-hybridized carbons (Fsp3) is 0.500. The predicted octanol–water partition coefficient (Wildman–Crippen LogP) is 5.45. The van der Waals surface area contributed by atoms with Crippen LogP contribution in [0.2, 0.25) is 0 Å². The number of hydrogen-bond donors (Lipinski definition) is 1. The normalized spacial score (nSPS) is 20.4. The number of hydrogen-bond acceptors (Lipinski definition) is 3. The van der Waals surface area contributed by atoms with Gasteiger partial charge in [0, 0.05) is 6.42 Å². The summed E-state index contributed by atoms with van der Waals surface area (Å²) >= 11 is 0. The van der Waals surface area contributed by atoms with Crippen molar-refractivity contribution in [2.75, 3.05) is 0 Å². The highest BCUT2D eigenvalue weighted by atomic mass is 16.3. The molecule has 3 heteroatoms. The van der Waals surface area contributed by atoms with E-state index < -0.39 is 6.10 Å². The van der Waals surface area contributed by atoms with Crippen LogP contribution in [0.25, 0.3) is 0 Å². The van der Waals surface area contributed by atoms with Gasteiger partial charge in [-0.05, 0) is 48.8 Å². The van der Waals surface area contributed by atoms with Crippen molar-refractivity contribution >= 4 is 12.1 Å². The summed E-state index contributed by atoms with van der Waals surface area (Å²) in [6.45, 7) is 2.16. The van der Waals surface area contributed by atoms with Gasteiger partial charge < -0.3 is 9.90 Å². The van der Waals surface area contributed by atoms with Crippen LogP contribution < -0.4 is 0 Å². The van der Waals surface area contributed by atoms with Crippen molar-refractivity contribution in [1.82, 2.24) is 0 Å². The zero-order chi connectivity index (χ0) is 19.5. The number of aliphatic hydroxyl groups excluding tert-OH is 1. The molecule has 1 aromatic carbocycles. The number of carbonyl (C=O) groups excluding carboxylic acids is 2. The van der Waals surface area contributed by atoms with E-state index in [0.717, 1.165) is 62.4 Å². The molecule has 1 aliphatic carbocycles. The molecule has 0 spiro atoms. The van der Waals surface area contributed by atoms with Crippen LogP contribution in [-0.4, -0.2) is 17.2 Å². The lowest BCUT2D eigenvalue weighted by Gasteiger charge is -2.18. The standard InChI is InChI=1S/C24H32O3/c1-2-3-7-11-22(26)19-12-14-21(15-13-19)24-20(16-17-23(24)27)10-8-5-4-6-9-18-25/h5,8,12-18,20,22,24,26H,2-4,6-7,9-11H2,1H3/b8-5-. The Morgan fingerprint density at radius 2 is 1.85 bits per heavy atom. The van der Waals surface area contributed by atoms with Gasteiger partial charge in [0.1, 0.15) is 6.29 Å². The van der Waals surface area contributed by atoms with E-state index in [1.54, 1.807) is 6.08 Å². The fourth-order valence-corrected chi connectivity index (χ4v) is 3.64. The van der Waals surface area contributed by atoms with Crippen LogP contribution >= 0.6 is 0 Å². The zero-order valence-corrected chi connectivity index (χ0v) is 16.3. The highest BCUT2D eigenvalue weighted by molar-refractivity contribution is 5.98. The number of ketones is 1. The maximum atomic E-state index is 12.4.